The lowest BCUT2D eigenvalue weighted by Gasteiger charge is -2.19. The van der Waals surface area contributed by atoms with Gasteiger partial charge in [0.05, 0.1) is 30.9 Å². The van der Waals surface area contributed by atoms with Crippen LogP contribution in [0.2, 0.25) is 5.02 Å². The third-order valence-corrected chi connectivity index (χ3v) is 5.79. The van der Waals surface area contributed by atoms with Gasteiger partial charge in [-0.3, -0.25) is 14.4 Å². The number of methoxy groups -OCH3 is 1. The van der Waals surface area contributed by atoms with Crippen molar-refractivity contribution < 1.29 is 14.3 Å². The molecule has 8 heteroatoms. The molecule has 1 unspecified atom stereocenters. The highest BCUT2D eigenvalue weighted by atomic mass is 35.5. The monoisotopic (exact) mass is 451 g/mol. The van der Waals surface area contributed by atoms with Crippen LogP contribution in [0.3, 0.4) is 0 Å². The Morgan fingerprint density at radius 2 is 1.84 bits per heavy atom. The number of amides is 2. The van der Waals surface area contributed by atoms with E-state index in [4.69, 9.17) is 16.3 Å². The zero-order chi connectivity index (χ0) is 22.7. The summed E-state index contributed by atoms with van der Waals surface area (Å²) in [6, 6.07) is 17.4. The maximum Gasteiger partial charge on any atom is 0.250 e. The highest BCUT2D eigenvalue weighted by molar-refractivity contribution is 6.31. The lowest BCUT2D eigenvalue weighted by Crippen LogP contribution is -2.29. The molecule has 2 amide bonds. The number of ether oxygens (including phenoxy) is 1. The lowest BCUT2D eigenvalue weighted by atomic mass is 10.1. The molecule has 1 aliphatic heterocycles. The number of nitrogens with zero attached hydrogens (tertiary/aromatic N) is 2. The van der Waals surface area contributed by atoms with Gasteiger partial charge in [-0.15, -0.1) is 0 Å². The molecule has 3 aromatic rings. The van der Waals surface area contributed by atoms with Gasteiger partial charge < -0.3 is 19.5 Å². The predicted octanol–water partition coefficient (Wildman–Crippen LogP) is 3.55. The van der Waals surface area contributed by atoms with Gasteiger partial charge in [-0.05, 0) is 29.8 Å². The summed E-state index contributed by atoms with van der Waals surface area (Å²) in [5.41, 5.74) is 1.71. The molecule has 0 spiro atoms. The second-order valence-corrected chi connectivity index (χ2v) is 7.95. The van der Waals surface area contributed by atoms with Gasteiger partial charge in [-0.25, -0.2) is 0 Å². The minimum absolute atomic E-state index is 0.100. The Balaban J connectivity index is 1.48. The average Bonchev–Trinajstić information content (AvgIpc) is 3.19. The van der Waals surface area contributed by atoms with Gasteiger partial charge in [-0.1, -0.05) is 41.9 Å². The molecular formula is C24H22ClN3O4. The summed E-state index contributed by atoms with van der Waals surface area (Å²) in [6.45, 7) is 0.538. The molecule has 0 aliphatic carbocycles. The molecule has 0 radical (unpaired) electrons. The minimum Gasteiger partial charge on any atom is -0.495 e. The number of aromatic nitrogens is 1. The van der Waals surface area contributed by atoms with Crippen LogP contribution in [0.5, 0.6) is 5.75 Å². The first-order valence-electron chi connectivity index (χ1n) is 10.1. The van der Waals surface area contributed by atoms with Crippen molar-refractivity contribution in [1.82, 2.24) is 4.57 Å². The molecule has 1 aromatic heterocycles. The van der Waals surface area contributed by atoms with Crippen molar-refractivity contribution in [2.75, 3.05) is 23.9 Å². The van der Waals surface area contributed by atoms with E-state index in [-0.39, 0.29) is 36.9 Å². The van der Waals surface area contributed by atoms with Gasteiger partial charge in [-0.2, -0.15) is 0 Å². The molecule has 1 aliphatic rings. The predicted molar refractivity (Wildman–Crippen MR) is 123 cm³/mol. The topological polar surface area (TPSA) is 80.6 Å². The fourth-order valence-corrected chi connectivity index (χ4v) is 3.95. The number of para-hydroxylation sites is 2. The summed E-state index contributed by atoms with van der Waals surface area (Å²) < 4.78 is 6.83. The Bertz CT molecular complexity index is 1220. The number of anilines is 2. The number of carbonyl (C=O) groups is 2. The summed E-state index contributed by atoms with van der Waals surface area (Å²) in [7, 11) is 1.54. The third kappa shape index (κ3) is 4.53. The molecular weight excluding hydrogens is 430 g/mol. The van der Waals surface area contributed by atoms with E-state index in [0.717, 1.165) is 5.56 Å². The Labute approximate surface area is 190 Å². The maximum absolute atomic E-state index is 12.9. The first-order valence-corrected chi connectivity index (χ1v) is 10.5. The van der Waals surface area contributed by atoms with Crippen LogP contribution in [0.1, 0.15) is 12.0 Å². The van der Waals surface area contributed by atoms with Crippen LogP contribution in [0, 0.1) is 5.92 Å². The minimum atomic E-state index is -0.517. The number of hydrogen-bond donors (Lipinski definition) is 1. The number of nitrogens with one attached hydrogen (secondary N) is 1. The Hall–Kier alpha value is -3.58. The average molecular weight is 452 g/mol. The van der Waals surface area contributed by atoms with E-state index in [9.17, 15) is 14.4 Å². The maximum atomic E-state index is 12.9. The number of pyridine rings is 1. The zero-order valence-corrected chi connectivity index (χ0v) is 18.2. The van der Waals surface area contributed by atoms with E-state index in [1.54, 1.807) is 42.5 Å². The van der Waals surface area contributed by atoms with Gasteiger partial charge in [0.1, 0.15) is 5.75 Å². The van der Waals surface area contributed by atoms with Crippen molar-refractivity contribution in [1.29, 1.82) is 0 Å². The Morgan fingerprint density at radius 1 is 1.09 bits per heavy atom. The largest absolute Gasteiger partial charge is 0.495 e. The molecule has 2 heterocycles. The van der Waals surface area contributed by atoms with E-state index < -0.39 is 5.92 Å². The van der Waals surface area contributed by atoms with Crippen molar-refractivity contribution in [3.8, 4) is 5.75 Å². The van der Waals surface area contributed by atoms with Crippen molar-refractivity contribution in [2.24, 2.45) is 5.92 Å². The van der Waals surface area contributed by atoms with Crippen LogP contribution in [0.25, 0.3) is 0 Å². The van der Waals surface area contributed by atoms with E-state index in [0.29, 0.717) is 22.1 Å². The number of rotatable bonds is 6. The van der Waals surface area contributed by atoms with Crippen LogP contribution < -0.4 is 20.5 Å². The standard InChI is InChI=1S/C24H22ClN3O4/c1-32-21-9-5-4-8-20(21)28-14-17(12-23(28)30)24(31)26-18-10-11-22(29)27(15-18)13-16-6-2-3-7-19(16)25/h2-11,15,17H,12-14H2,1H3,(H,26,31). The molecule has 7 nitrogen and oxygen atoms in total. The summed E-state index contributed by atoms with van der Waals surface area (Å²) in [4.78, 5) is 39.3. The first-order chi connectivity index (χ1) is 15.5. The highest BCUT2D eigenvalue weighted by Crippen LogP contribution is 2.33. The number of carbonyl (C=O) groups excluding carboxylic acids is 2. The number of benzene rings is 2. The van der Waals surface area contributed by atoms with Crippen molar-refractivity contribution in [3.63, 3.8) is 0 Å². The Kier molecular flexibility index (Phi) is 6.28. The van der Waals surface area contributed by atoms with Crippen molar-refractivity contribution >= 4 is 34.8 Å². The summed E-state index contributed by atoms with van der Waals surface area (Å²) >= 11 is 6.21. The van der Waals surface area contributed by atoms with E-state index in [1.807, 2.05) is 30.3 Å². The second kappa shape index (κ2) is 9.28. The summed E-state index contributed by atoms with van der Waals surface area (Å²) in [5.74, 6) is -0.359. The van der Waals surface area contributed by atoms with Crippen molar-refractivity contribution in [3.05, 3.63) is 87.8 Å². The van der Waals surface area contributed by atoms with Crippen molar-refractivity contribution in [2.45, 2.75) is 13.0 Å². The molecule has 1 fully saturated rings. The van der Waals surface area contributed by atoms with Crippen LogP contribution in [-0.2, 0) is 16.1 Å². The normalized spacial score (nSPS) is 15.6. The Morgan fingerprint density at radius 3 is 2.62 bits per heavy atom. The van der Waals surface area contributed by atoms with Crippen LogP contribution in [0.4, 0.5) is 11.4 Å². The van der Waals surface area contributed by atoms with Crippen LogP contribution in [-0.4, -0.2) is 30.0 Å². The van der Waals surface area contributed by atoms with E-state index >= 15 is 0 Å². The second-order valence-electron chi connectivity index (χ2n) is 7.54. The molecule has 1 saturated heterocycles. The molecule has 0 saturated carbocycles. The molecule has 32 heavy (non-hydrogen) atoms. The lowest BCUT2D eigenvalue weighted by molar-refractivity contribution is -0.122. The van der Waals surface area contributed by atoms with Crippen LogP contribution >= 0.6 is 11.6 Å². The zero-order valence-electron chi connectivity index (χ0n) is 17.5. The molecule has 2 aromatic carbocycles. The quantitative estimate of drug-likeness (QED) is 0.621. The fraction of sp³-hybridized carbons (Fsp3) is 0.208. The molecule has 1 N–H and O–H groups in total. The number of halogens is 1. The molecule has 0 bridgehead atoms. The third-order valence-electron chi connectivity index (χ3n) is 5.42. The van der Waals surface area contributed by atoms with E-state index in [2.05, 4.69) is 5.32 Å². The fourth-order valence-electron chi connectivity index (χ4n) is 3.75. The van der Waals surface area contributed by atoms with Crippen LogP contribution in [0.15, 0.2) is 71.7 Å². The van der Waals surface area contributed by atoms with Gasteiger partial charge in [0, 0.05) is 30.3 Å². The summed E-state index contributed by atoms with van der Waals surface area (Å²) in [5, 5.41) is 3.40. The molecule has 4 rings (SSSR count). The van der Waals surface area contributed by atoms with Gasteiger partial charge in [0.25, 0.3) is 5.56 Å². The summed E-state index contributed by atoms with van der Waals surface area (Å²) in [6.07, 6.45) is 1.68. The molecule has 1 atom stereocenters. The molecule has 164 valence electrons. The van der Waals surface area contributed by atoms with Gasteiger partial charge in [0.2, 0.25) is 11.8 Å². The SMILES string of the molecule is COc1ccccc1N1CC(C(=O)Nc2ccc(=O)n(Cc3ccccc3Cl)c2)CC1=O. The first kappa shape index (κ1) is 21.6. The smallest absolute Gasteiger partial charge is 0.250 e. The van der Waals surface area contributed by atoms with E-state index in [1.165, 1.54) is 10.6 Å². The highest BCUT2D eigenvalue weighted by Gasteiger charge is 2.36. The number of hydrogen-bond acceptors (Lipinski definition) is 4. The van der Waals surface area contributed by atoms with Gasteiger partial charge in [0.15, 0.2) is 0 Å². The van der Waals surface area contributed by atoms with Gasteiger partial charge >= 0.3 is 0 Å².